The van der Waals surface area contributed by atoms with E-state index in [1.165, 1.54) is 0 Å². The van der Waals surface area contributed by atoms with Crippen molar-refractivity contribution in [3.8, 4) is 0 Å². The summed E-state index contributed by atoms with van der Waals surface area (Å²) in [5, 5.41) is 18.8. The summed E-state index contributed by atoms with van der Waals surface area (Å²) in [6, 6.07) is 7.61. The molecule has 18 heavy (non-hydrogen) atoms. The van der Waals surface area contributed by atoms with E-state index in [4.69, 9.17) is 5.11 Å². The van der Waals surface area contributed by atoms with Crippen LogP contribution >= 0.6 is 0 Å². The quantitative estimate of drug-likeness (QED) is 0.843. The number of aliphatic carboxylic acids is 1. The van der Waals surface area contributed by atoms with Crippen molar-refractivity contribution in [2.24, 2.45) is 0 Å². The number of aliphatic hydroxyl groups is 1. The number of hydrogen-bond donors (Lipinski definition) is 2. The van der Waals surface area contributed by atoms with Crippen LogP contribution in [0.4, 0.5) is 0 Å². The largest absolute Gasteiger partial charge is 0.481 e. The maximum Gasteiger partial charge on any atom is 0.307 e. The molecule has 4 heteroatoms. The first-order valence-corrected chi connectivity index (χ1v) is 6.20. The van der Waals surface area contributed by atoms with Crippen LogP contribution in [0.3, 0.4) is 0 Å². The summed E-state index contributed by atoms with van der Waals surface area (Å²) in [4.78, 5) is 13.0. The molecule has 1 fully saturated rings. The van der Waals surface area contributed by atoms with Crippen molar-refractivity contribution >= 4 is 5.97 Å². The highest BCUT2D eigenvalue weighted by atomic mass is 16.4. The highest BCUT2D eigenvalue weighted by Crippen LogP contribution is 2.23. The Morgan fingerprint density at radius 3 is 2.61 bits per heavy atom. The van der Waals surface area contributed by atoms with Gasteiger partial charge in [0.25, 0.3) is 0 Å². The third kappa shape index (κ3) is 3.31. The molecule has 4 nitrogen and oxygen atoms in total. The molecule has 0 bridgehead atoms. The van der Waals surface area contributed by atoms with Gasteiger partial charge in [0.05, 0.1) is 12.0 Å². The summed E-state index contributed by atoms with van der Waals surface area (Å²) in [5.74, 6) is -0.809. The Balaban J connectivity index is 2.07. The first kappa shape index (κ1) is 13.1. The fourth-order valence-electron chi connectivity index (χ4n) is 2.46. The molecule has 1 saturated heterocycles. The van der Waals surface area contributed by atoms with E-state index in [2.05, 4.69) is 4.90 Å². The van der Waals surface area contributed by atoms with Crippen molar-refractivity contribution in [3.63, 3.8) is 0 Å². The summed E-state index contributed by atoms with van der Waals surface area (Å²) >= 11 is 0. The van der Waals surface area contributed by atoms with Crippen molar-refractivity contribution in [1.82, 2.24) is 4.90 Å². The molecule has 1 unspecified atom stereocenters. The van der Waals surface area contributed by atoms with E-state index in [0.29, 0.717) is 13.1 Å². The van der Waals surface area contributed by atoms with Crippen molar-refractivity contribution in [3.05, 3.63) is 35.4 Å². The number of rotatable bonds is 4. The zero-order valence-electron chi connectivity index (χ0n) is 10.6. The van der Waals surface area contributed by atoms with Gasteiger partial charge in [0, 0.05) is 19.6 Å². The molecule has 1 aromatic rings. The predicted octanol–water partition coefficient (Wildman–Crippen LogP) is 1.27. The number of nitrogens with zero attached hydrogens (tertiary/aromatic N) is 1. The molecule has 0 spiro atoms. The number of likely N-dealkylation sites (tertiary alicyclic amines) is 1. The van der Waals surface area contributed by atoms with Gasteiger partial charge >= 0.3 is 5.97 Å². The molecule has 98 valence electrons. The first-order chi connectivity index (χ1) is 8.46. The Hall–Kier alpha value is -1.39. The Bertz CT molecular complexity index is 442. The van der Waals surface area contributed by atoms with E-state index in [9.17, 15) is 9.90 Å². The number of carboxylic acid groups (broad SMARTS) is 1. The monoisotopic (exact) mass is 249 g/mol. The maximum absolute atomic E-state index is 10.8. The molecule has 2 N–H and O–H groups in total. The Morgan fingerprint density at radius 1 is 1.39 bits per heavy atom. The van der Waals surface area contributed by atoms with Gasteiger partial charge in [-0.15, -0.1) is 0 Å². The van der Waals surface area contributed by atoms with Crippen LogP contribution in [0.1, 0.15) is 24.5 Å². The van der Waals surface area contributed by atoms with E-state index in [0.717, 1.165) is 24.1 Å². The Morgan fingerprint density at radius 2 is 2.06 bits per heavy atom. The molecule has 2 rings (SSSR count). The van der Waals surface area contributed by atoms with Gasteiger partial charge in [0.1, 0.15) is 0 Å². The van der Waals surface area contributed by atoms with E-state index < -0.39 is 11.6 Å². The second-order valence-corrected chi connectivity index (χ2v) is 5.30. The van der Waals surface area contributed by atoms with Crippen LogP contribution in [0.2, 0.25) is 0 Å². The van der Waals surface area contributed by atoms with Crippen LogP contribution in [-0.2, 0) is 17.8 Å². The second kappa shape index (κ2) is 5.08. The highest BCUT2D eigenvalue weighted by molar-refractivity contribution is 5.70. The minimum absolute atomic E-state index is 0.0560. The molecule has 0 amide bonds. The number of β-amino-alcohol motifs (C(OH)–C–C–N with tert-alkyl or cyclic N) is 1. The lowest BCUT2D eigenvalue weighted by atomic mass is 10.0. The van der Waals surface area contributed by atoms with Crippen LogP contribution in [0.15, 0.2) is 24.3 Å². The Labute approximate surface area is 107 Å². The summed E-state index contributed by atoms with van der Waals surface area (Å²) in [6.45, 7) is 4.05. The number of hydrogen-bond acceptors (Lipinski definition) is 3. The third-order valence-electron chi connectivity index (χ3n) is 3.38. The molecule has 0 aliphatic carbocycles. The molecule has 1 heterocycles. The van der Waals surface area contributed by atoms with Gasteiger partial charge < -0.3 is 10.2 Å². The van der Waals surface area contributed by atoms with Crippen LogP contribution in [0.5, 0.6) is 0 Å². The van der Waals surface area contributed by atoms with Gasteiger partial charge in [-0.05, 0) is 24.5 Å². The van der Waals surface area contributed by atoms with Gasteiger partial charge in [-0.1, -0.05) is 24.3 Å². The van der Waals surface area contributed by atoms with Gasteiger partial charge in [-0.3, -0.25) is 9.69 Å². The van der Waals surface area contributed by atoms with E-state index in [1.54, 1.807) is 0 Å². The molecule has 0 radical (unpaired) electrons. The minimum atomic E-state index is -0.809. The number of benzene rings is 1. The van der Waals surface area contributed by atoms with Gasteiger partial charge in [-0.2, -0.15) is 0 Å². The highest BCUT2D eigenvalue weighted by Gasteiger charge is 2.31. The number of carboxylic acids is 1. The summed E-state index contributed by atoms with van der Waals surface area (Å²) in [6.07, 6.45) is 0.828. The summed E-state index contributed by atoms with van der Waals surface area (Å²) < 4.78 is 0. The van der Waals surface area contributed by atoms with Crippen LogP contribution < -0.4 is 0 Å². The normalized spacial score (nSPS) is 24.3. The lowest BCUT2D eigenvalue weighted by molar-refractivity contribution is -0.136. The molecular weight excluding hydrogens is 230 g/mol. The van der Waals surface area contributed by atoms with Crippen molar-refractivity contribution in [2.75, 3.05) is 13.1 Å². The maximum atomic E-state index is 10.8. The fourth-order valence-corrected chi connectivity index (χ4v) is 2.46. The van der Waals surface area contributed by atoms with Crippen molar-refractivity contribution in [1.29, 1.82) is 0 Å². The predicted molar refractivity (Wildman–Crippen MR) is 68.3 cm³/mol. The second-order valence-electron chi connectivity index (χ2n) is 5.30. The SMILES string of the molecule is CC1(O)CCN(Cc2ccccc2CC(=O)O)C1. The zero-order valence-corrected chi connectivity index (χ0v) is 10.6. The lowest BCUT2D eigenvalue weighted by Crippen LogP contribution is -2.29. The summed E-state index contributed by atoms with van der Waals surface area (Å²) in [5.41, 5.74) is 1.29. The molecule has 1 aliphatic rings. The topological polar surface area (TPSA) is 60.8 Å². The van der Waals surface area contributed by atoms with Gasteiger partial charge in [-0.25, -0.2) is 0 Å². The minimum Gasteiger partial charge on any atom is -0.481 e. The van der Waals surface area contributed by atoms with E-state index in [1.807, 2.05) is 31.2 Å². The lowest BCUT2D eigenvalue weighted by Gasteiger charge is -2.20. The van der Waals surface area contributed by atoms with E-state index >= 15 is 0 Å². The summed E-state index contributed by atoms with van der Waals surface area (Å²) in [7, 11) is 0. The standard InChI is InChI=1S/C14H19NO3/c1-14(18)6-7-15(10-14)9-12-5-3-2-4-11(12)8-13(16)17/h2-5,18H,6-10H2,1H3,(H,16,17). The molecule has 1 atom stereocenters. The number of carbonyl (C=O) groups is 1. The average Bonchev–Trinajstić information content (AvgIpc) is 2.60. The van der Waals surface area contributed by atoms with Crippen LogP contribution in [0, 0.1) is 0 Å². The Kier molecular flexibility index (Phi) is 3.68. The molecular formula is C14H19NO3. The third-order valence-corrected chi connectivity index (χ3v) is 3.38. The zero-order chi connectivity index (χ0) is 13.2. The first-order valence-electron chi connectivity index (χ1n) is 6.20. The van der Waals surface area contributed by atoms with Gasteiger partial charge in [0.15, 0.2) is 0 Å². The molecule has 1 aromatic carbocycles. The van der Waals surface area contributed by atoms with Crippen molar-refractivity contribution < 1.29 is 15.0 Å². The molecule has 0 saturated carbocycles. The van der Waals surface area contributed by atoms with Crippen LogP contribution in [-0.4, -0.2) is 39.8 Å². The van der Waals surface area contributed by atoms with Crippen LogP contribution in [0.25, 0.3) is 0 Å². The van der Waals surface area contributed by atoms with Gasteiger partial charge in [0.2, 0.25) is 0 Å². The van der Waals surface area contributed by atoms with Crippen molar-refractivity contribution in [2.45, 2.75) is 31.9 Å². The van der Waals surface area contributed by atoms with E-state index in [-0.39, 0.29) is 6.42 Å². The smallest absolute Gasteiger partial charge is 0.307 e. The molecule has 1 aliphatic heterocycles. The molecule has 0 aromatic heterocycles. The average molecular weight is 249 g/mol. The fraction of sp³-hybridized carbons (Fsp3) is 0.500.